The number of nitrogens with zero attached hydrogens (tertiary/aromatic N) is 1. The van der Waals surface area contributed by atoms with E-state index in [4.69, 9.17) is 9.47 Å². The summed E-state index contributed by atoms with van der Waals surface area (Å²) in [7, 11) is 0. The molecule has 1 N–H and O–H groups in total. The summed E-state index contributed by atoms with van der Waals surface area (Å²) in [6.45, 7) is 8.06. The van der Waals surface area contributed by atoms with Crippen LogP contribution >= 0.6 is 0 Å². The Balaban J connectivity index is 1.63. The zero-order chi connectivity index (χ0) is 16.4. The molecule has 0 saturated carbocycles. The van der Waals surface area contributed by atoms with Crippen LogP contribution in [0.5, 0.6) is 0 Å². The van der Waals surface area contributed by atoms with Gasteiger partial charge in [-0.25, -0.2) is 4.79 Å². The van der Waals surface area contributed by atoms with Crippen LogP contribution in [-0.4, -0.2) is 47.9 Å². The van der Waals surface area contributed by atoms with E-state index in [1.807, 2.05) is 26.8 Å². The van der Waals surface area contributed by atoms with Gasteiger partial charge in [-0.3, -0.25) is 4.90 Å². The highest BCUT2D eigenvalue weighted by atomic mass is 16.6. The molecule has 0 unspecified atom stereocenters. The molecule has 0 spiro atoms. The summed E-state index contributed by atoms with van der Waals surface area (Å²) in [6.07, 6.45) is 0.717. The third kappa shape index (κ3) is 4.03. The number of rotatable bonds is 3. The van der Waals surface area contributed by atoms with Crippen LogP contribution < -0.4 is 5.32 Å². The van der Waals surface area contributed by atoms with E-state index in [9.17, 15) is 4.79 Å². The number of hydrogen-bond acceptors (Lipinski definition) is 4. The summed E-state index contributed by atoms with van der Waals surface area (Å²) in [5.41, 5.74) is 0.804. The van der Waals surface area contributed by atoms with Crippen LogP contribution in [0.4, 0.5) is 4.79 Å². The van der Waals surface area contributed by atoms with Crippen LogP contribution in [-0.2, 0) is 16.0 Å². The number of amides is 1. The second kappa shape index (κ2) is 6.49. The highest BCUT2D eigenvalue weighted by Crippen LogP contribution is 2.30. The molecule has 3 rings (SSSR count). The van der Waals surface area contributed by atoms with Gasteiger partial charge >= 0.3 is 6.09 Å². The van der Waals surface area contributed by atoms with E-state index in [0.717, 1.165) is 26.1 Å². The number of alkyl carbamates (subject to hydrolysis) is 1. The largest absolute Gasteiger partial charge is 0.444 e. The predicted molar refractivity (Wildman–Crippen MR) is 88.2 cm³/mol. The number of likely N-dealkylation sites (tertiary alicyclic amines) is 1. The van der Waals surface area contributed by atoms with Crippen molar-refractivity contribution in [1.29, 1.82) is 0 Å². The van der Waals surface area contributed by atoms with Gasteiger partial charge in [0.05, 0.1) is 12.1 Å². The van der Waals surface area contributed by atoms with Crippen molar-refractivity contribution < 1.29 is 14.3 Å². The van der Waals surface area contributed by atoms with E-state index < -0.39 is 5.60 Å². The zero-order valence-electron chi connectivity index (χ0n) is 14.1. The van der Waals surface area contributed by atoms with Gasteiger partial charge in [0, 0.05) is 25.7 Å². The summed E-state index contributed by atoms with van der Waals surface area (Å²) < 4.78 is 11.3. The van der Waals surface area contributed by atoms with Gasteiger partial charge in [-0.15, -0.1) is 0 Å². The molecule has 1 aromatic carbocycles. The van der Waals surface area contributed by atoms with Crippen LogP contribution in [0.2, 0.25) is 0 Å². The van der Waals surface area contributed by atoms with Crippen molar-refractivity contribution in [3.05, 3.63) is 35.9 Å². The van der Waals surface area contributed by atoms with Gasteiger partial charge in [0.15, 0.2) is 0 Å². The Morgan fingerprint density at radius 3 is 2.78 bits per heavy atom. The predicted octanol–water partition coefficient (Wildman–Crippen LogP) is 2.55. The fourth-order valence-corrected chi connectivity index (χ4v) is 3.45. The van der Waals surface area contributed by atoms with E-state index >= 15 is 0 Å². The van der Waals surface area contributed by atoms with Crippen LogP contribution in [0.25, 0.3) is 0 Å². The number of benzene rings is 1. The van der Waals surface area contributed by atoms with Crippen molar-refractivity contribution in [2.45, 2.75) is 57.5 Å². The van der Waals surface area contributed by atoms with E-state index in [1.165, 1.54) is 5.56 Å². The second-order valence-corrected chi connectivity index (χ2v) is 7.36. The maximum absolute atomic E-state index is 12.1. The number of fused-ring (bicyclic) bond motifs is 1. The standard InChI is InChI=1S/C18H26N2O3/c1-18(2,3)23-17(21)19-14-12-20(15-9-10-22-16(14)15)11-13-7-5-4-6-8-13/h4-8,14-16H,9-12H2,1-3H3,(H,19,21)/t14-,15+,16+/m0/s1. The molecule has 2 aliphatic heterocycles. The molecule has 0 bridgehead atoms. The van der Waals surface area contributed by atoms with Crippen molar-refractivity contribution in [3.8, 4) is 0 Å². The molecule has 0 radical (unpaired) electrons. The highest BCUT2D eigenvalue weighted by Gasteiger charge is 2.46. The molecule has 23 heavy (non-hydrogen) atoms. The topological polar surface area (TPSA) is 50.8 Å². The average molecular weight is 318 g/mol. The molecule has 1 amide bonds. The molecule has 1 aromatic rings. The normalized spacial score (nSPS) is 27.7. The third-order valence-corrected chi connectivity index (χ3v) is 4.33. The SMILES string of the molecule is CC(C)(C)OC(=O)N[C@H]1CN(Cc2ccccc2)[C@@H]2CCO[C@H]12. The fourth-order valence-electron chi connectivity index (χ4n) is 3.45. The molecular formula is C18H26N2O3. The number of carbonyl (C=O) groups is 1. The maximum atomic E-state index is 12.1. The Hall–Kier alpha value is -1.59. The van der Waals surface area contributed by atoms with Crippen LogP contribution in [0.1, 0.15) is 32.8 Å². The van der Waals surface area contributed by atoms with Crippen LogP contribution in [0, 0.1) is 0 Å². The van der Waals surface area contributed by atoms with Crippen molar-refractivity contribution in [2.75, 3.05) is 13.2 Å². The van der Waals surface area contributed by atoms with E-state index in [-0.39, 0.29) is 18.2 Å². The summed E-state index contributed by atoms with van der Waals surface area (Å²) in [5.74, 6) is 0. The molecule has 126 valence electrons. The Morgan fingerprint density at radius 2 is 2.09 bits per heavy atom. The van der Waals surface area contributed by atoms with Crippen molar-refractivity contribution in [3.63, 3.8) is 0 Å². The molecule has 0 aliphatic carbocycles. The quantitative estimate of drug-likeness (QED) is 0.930. The minimum absolute atomic E-state index is 0.0129. The number of hydrogen-bond donors (Lipinski definition) is 1. The first-order chi connectivity index (χ1) is 10.9. The Bertz CT molecular complexity index is 541. The molecule has 0 aromatic heterocycles. The minimum atomic E-state index is -0.484. The molecule has 2 fully saturated rings. The lowest BCUT2D eigenvalue weighted by Crippen LogP contribution is -2.45. The maximum Gasteiger partial charge on any atom is 0.408 e. The Labute approximate surface area is 137 Å². The summed E-state index contributed by atoms with van der Waals surface area (Å²) in [4.78, 5) is 14.5. The minimum Gasteiger partial charge on any atom is -0.444 e. The highest BCUT2D eigenvalue weighted by molar-refractivity contribution is 5.68. The van der Waals surface area contributed by atoms with Gasteiger partial charge in [0.2, 0.25) is 0 Å². The van der Waals surface area contributed by atoms with E-state index in [0.29, 0.717) is 6.04 Å². The van der Waals surface area contributed by atoms with Crippen molar-refractivity contribution in [1.82, 2.24) is 10.2 Å². The summed E-state index contributed by atoms with van der Waals surface area (Å²) in [5, 5.41) is 2.99. The lowest BCUT2D eigenvalue weighted by Gasteiger charge is -2.23. The lowest BCUT2D eigenvalue weighted by molar-refractivity contribution is 0.0409. The van der Waals surface area contributed by atoms with Crippen molar-refractivity contribution in [2.24, 2.45) is 0 Å². The van der Waals surface area contributed by atoms with Gasteiger partial charge in [0.25, 0.3) is 0 Å². The lowest BCUT2D eigenvalue weighted by atomic mass is 10.1. The smallest absolute Gasteiger partial charge is 0.408 e. The monoisotopic (exact) mass is 318 g/mol. The molecule has 2 heterocycles. The van der Waals surface area contributed by atoms with E-state index in [1.54, 1.807) is 0 Å². The van der Waals surface area contributed by atoms with Gasteiger partial charge in [-0.05, 0) is 32.8 Å². The average Bonchev–Trinajstić information content (AvgIpc) is 3.03. The first kappa shape index (κ1) is 16.3. The molecule has 2 aliphatic rings. The van der Waals surface area contributed by atoms with Gasteiger partial charge in [-0.1, -0.05) is 30.3 Å². The summed E-state index contributed by atoms with van der Waals surface area (Å²) >= 11 is 0. The van der Waals surface area contributed by atoms with Gasteiger partial charge in [0.1, 0.15) is 5.60 Å². The van der Waals surface area contributed by atoms with E-state index in [2.05, 4.69) is 34.5 Å². The van der Waals surface area contributed by atoms with Crippen molar-refractivity contribution >= 4 is 6.09 Å². The number of nitrogens with one attached hydrogen (secondary N) is 1. The number of carbonyl (C=O) groups excluding carboxylic acids is 1. The molecule has 3 atom stereocenters. The Morgan fingerprint density at radius 1 is 1.35 bits per heavy atom. The first-order valence-electron chi connectivity index (χ1n) is 8.31. The van der Waals surface area contributed by atoms with Gasteiger partial charge < -0.3 is 14.8 Å². The molecule has 5 heteroatoms. The fraction of sp³-hybridized carbons (Fsp3) is 0.611. The van der Waals surface area contributed by atoms with Crippen LogP contribution in [0.15, 0.2) is 30.3 Å². The van der Waals surface area contributed by atoms with Crippen LogP contribution in [0.3, 0.4) is 0 Å². The zero-order valence-corrected chi connectivity index (χ0v) is 14.1. The Kier molecular flexibility index (Phi) is 4.60. The molecule has 2 saturated heterocycles. The number of ether oxygens (including phenoxy) is 2. The summed E-state index contributed by atoms with van der Waals surface area (Å²) in [6, 6.07) is 10.8. The molecule has 5 nitrogen and oxygen atoms in total. The second-order valence-electron chi connectivity index (χ2n) is 7.36. The third-order valence-electron chi connectivity index (χ3n) is 4.33. The molecular weight excluding hydrogens is 292 g/mol. The van der Waals surface area contributed by atoms with Gasteiger partial charge in [-0.2, -0.15) is 0 Å². The first-order valence-corrected chi connectivity index (χ1v) is 8.31.